The predicted molar refractivity (Wildman–Crippen MR) is 127 cm³/mol. The molecule has 6 nitrogen and oxygen atoms in total. The highest BCUT2D eigenvalue weighted by atomic mass is 32.2. The molecular weight excluding hydrogens is 422 g/mol. The summed E-state index contributed by atoms with van der Waals surface area (Å²) in [6.45, 7) is 7.65. The Balaban J connectivity index is 1.37. The minimum atomic E-state index is -3.57. The Morgan fingerprint density at radius 2 is 1.59 bits per heavy atom. The maximum absolute atomic E-state index is 13.2. The van der Waals surface area contributed by atoms with Crippen molar-refractivity contribution in [3.8, 4) is 0 Å². The van der Waals surface area contributed by atoms with Crippen LogP contribution in [0.15, 0.2) is 29.2 Å². The number of nitrogens with zero attached hydrogens (tertiary/aromatic N) is 3. The van der Waals surface area contributed by atoms with Gasteiger partial charge >= 0.3 is 0 Å². The molecule has 1 atom stereocenters. The summed E-state index contributed by atoms with van der Waals surface area (Å²) in [4.78, 5) is 17.9. The van der Waals surface area contributed by atoms with E-state index in [0.717, 1.165) is 51.7 Å². The van der Waals surface area contributed by atoms with Gasteiger partial charge in [-0.2, -0.15) is 4.31 Å². The summed E-state index contributed by atoms with van der Waals surface area (Å²) < 4.78 is 28.0. The molecule has 1 aromatic carbocycles. The van der Waals surface area contributed by atoms with Gasteiger partial charge < -0.3 is 9.80 Å². The smallest absolute Gasteiger partial charge is 0.253 e. The molecule has 3 fully saturated rings. The molecule has 32 heavy (non-hydrogen) atoms. The van der Waals surface area contributed by atoms with E-state index in [9.17, 15) is 13.2 Å². The lowest BCUT2D eigenvalue weighted by Crippen LogP contribution is -2.42. The average molecular weight is 462 g/mol. The molecule has 178 valence electrons. The van der Waals surface area contributed by atoms with Crippen molar-refractivity contribution < 1.29 is 13.2 Å². The van der Waals surface area contributed by atoms with Crippen LogP contribution in [0.1, 0.15) is 75.1 Å². The second-order valence-electron chi connectivity index (χ2n) is 9.94. The van der Waals surface area contributed by atoms with Crippen LogP contribution in [0.2, 0.25) is 0 Å². The zero-order valence-electron chi connectivity index (χ0n) is 19.5. The Morgan fingerprint density at radius 1 is 0.906 bits per heavy atom. The van der Waals surface area contributed by atoms with Crippen molar-refractivity contribution in [2.75, 3.05) is 39.3 Å². The van der Waals surface area contributed by atoms with Crippen molar-refractivity contribution in [1.29, 1.82) is 0 Å². The molecule has 3 heterocycles. The first kappa shape index (κ1) is 23.7. The van der Waals surface area contributed by atoms with Gasteiger partial charge in [-0.15, -0.1) is 0 Å². The molecule has 0 bridgehead atoms. The number of likely N-dealkylation sites (tertiary alicyclic amines) is 2. The van der Waals surface area contributed by atoms with Gasteiger partial charge in [0.1, 0.15) is 0 Å². The quantitative estimate of drug-likeness (QED) is 0.666. The molecule has 1 unspecified atom stereocenters. The van der Waals surface area contributed by atoms with E-state index in [1.54, 1.807) is 28.6 Å². The Bertz CT molecular complexity index is 872. The minimum Gasteiger partial charge on any atom is -0.339 e. The van der Waals surface area contributed by atoms with Gasteiger partial charge in [-0.25, -0.2) is 8.42 Å². The summed E-state index contributed by atoms with van der Waals surface area (Å²) in [5, 5.41) is 0. The summed E-state index contributed by atoms with van der Waals surface area (Å²) in [6.07, 6.45) is 10.3. The monoisotopic (exact) mass is 461 g/mol. The molecule has 3 aliphatic rings. The largest absolute Gasteiger partial charge is 0.339 e. The van der Waals surface area contributed by atoms with Gasteiger partial charge in [-0.3, -0.25) is 4.79 Å². The first-order valence-corrected chi connectivity index (χ1v) is 14.0. The van der Waals surface area contributed by atoms with E-state index in [1.165, 1.54) is 38.8 Å². The van der Waals surface area contributed by atoms with E-state index in [0.29, 0.717) is 18.0 Å². The fourth-order valence-electron chi connectivity index (χ4n) is 5.54. The Kier molecular flexibility index (Phi) is 7.90. The standard InChI is InChI=1S/C25H39N3O3S/c1-21-9-4-7-16-28(21)32(30,31)24-11-8-10-23(19-24)25(29)27-17-12-22(13-18-27)20-26-14-5-2-3-6-15-26/h8,10-11,19,21-22H,2-7,9,12-18,20H2,1H3. The molecule has 1 aromatic rings. The number of benzene rings is 1. The van der Waals surface area contributed by atoms with Gasteiger partial charge in [-0.05, 0) is 82.7 Å². The molecular formula is C25H39N3O3S. The third-order valence-corrected chi connectivity index (χ3v) is 9.56. The van der Waals surface area contributed by atoms with Crippen molar-refractivity contribution in [3.63, 3.8) is 0 Å². The van der Waals surface area contributed by atoms with Crippen LogP contribution in [0.3, 0.4) is 0 Å². The zero-order valence-corrected chi connectivity index (χ0v) is 20.4. The van der Waals surface area contributed by atoms with Crippen molar-refractivity contribution in [3.05, 3.63) is 29.8 Å². The van der Waals surface area contributed by atoms with Crippen LogP contribution >= 0.6 is 0 Å². The average Bonchev–Trinajstić information content (AvgIpc) is 3.08. The van der Waals surface area contributed by atoms with Crippen LogP contribution in [-0.4, -0.2) is 73.7 Å². The van der Waals surface area contributed by atoms with E-state index in [-0.39, 0.29) is 16.8 Å². The number of carbonyl (C=O) groups is 1. The summed E-state index contributed by atoms with van der Waals surface area (Å²) in [5.41, 5.74) is 0.488. The number of hydrogen-bond acceptors (Lipinski definition) is 4. The van der Waals surface area contributed by atoms with Crippen LogP contribution < -0.4 is 0 Å². The van der Waals surface area contributed by atoms with Crippen LogP contribution in [0.25, 0.3) is 0 Å². The lowest BCUT2D eigenvalue weighted by atomic mass is 9.95. The summed E-state index contributed by atoms with van der Waals surface area (Å²) in [7, 11) is -3.57. The van der Waals surface area contributed by atoms with Crippen molar-refractivity contribution in [1.82, 2.24) is 14.1 Å². The number of piperidine rings is 2. The van der Waals surface area contributed by atoms with Crippen LogP contribution in [-0.2, 0) is 10.0 Å². The number of sulfonamides is 1. The van der Waals surface area contributed by atoms with E-state index >= 15 is 0 Å². The van der Waals surface area contributed by atoms with E-state index in [1.807, 2.05) is 11.8 Å². The maximum atomic E-state index is 13.2. The molecule has 3 saturated heterocycles. The molecule has 0 saturated carbocycles. The van der Waals surface area contributed by atoms with E-state index < -0.39 is 10.0 Å². The van der Waals surface area contributed by atoms with Crippen molar-refractivity contribution >= 4 is 15.9 Å². The van der Waals surface area contributed by atoms with Crippen LogP contribution in [0, 0.1) is 5.92 Å². The predicted octanol–water partition coefficient (Wildman–Crippen LogP) is 3.98. The second-order valence-corrected chi connectivity index (χ2v) is 11.8. The summed E-state index contributed by atoms with van der Waals surface area (Å²) in [6, 6.07) is 6.69. The first-order chi connectivity index (χ1) is 15.4. The molecule has 0 aromatic heterocycles. The number of amides is 1. The van der Waals surface area contributed by atoms with E-state index in [2.05, 4.69) is 4.90 Å². The second kappa shape index (κ2) is 10.7. The molecule has 0 spiro atoms. The Morgan fingerprint density at radius 3 is 2.28 bits per heavy atom. The Hall–Kier alpha value is -1.44. The third-order valence-electron chi connectivity index (χ3n) is 7.55. The van der Waals surface area contributed by atoms with Gasteiger partial charge in [-0.1, -0.05) is 25.3 Å². The van der Waals surface area contributed by atoms with Gasteiger partial charge in [0.15, 0.2) is 0 Å². The number of carbonyl (C=O) groups excluding carboxylic acids is 1. The highest BCUT2D eigenvalue weighted by molar-refractivity contribution is 7.89. The molecule has 7 heteroatoms. The highest BCUT2D eigenvalue weighted by Gasteiger charge is 2.32. The molecule has 1 amide bonds. The SMILES string of the molecule is CC1CCCCN1S(=O)(=O)c1cccc(C(=O)N2CCC(CN3CCCCCC3)CC2)c1. The lowest BCUT2D eigenvalue weighted by molar-refractivity contribution is 0.0667. The third kappa shape index (κ3) is 5.54. The topological polar surface area (TPSA) is 60.9 Å². The molecule has 3 aliphatic heterocycles. The normalized spacial score (nSPS) is 24.9. The fraction of sp³-hybridized carbons (Fsp3) is 0.720. The number of hydrogen-bond donors (Lipinski definition) is 0. The molecule has 4 rings (SSSR count). The van der Waals surface area contributed by atoms with Gasteiger partial charge in [0.25, 0.3) is 5.91 Å². The molecule has 0 radical (unpaired) electrons. The lowest BCUT2D eigenvalue weighted by Gasteiger charge is -2.35. The summed E-state index contributed by atoms with van der Waals surface area (Å²) >= 11 is 0. The van der Waals surface area contributed by atoms with Gasteiger partial charge in [0.05, 0.1) is 4.90 Å². The van der Waals surface area contributed by atoms with Crippen LogP contribution in [0.5, 0.6) is 0 Å². The maximum Gasteiger partial charge on any atom is 0.253 e. The van der Waals surface area contributed by atoms with Crippen LogP contribution in [0.4, 0.5) is 0 Å². The first-order valence-electron chi connectivity index (χ1n) is 12.6. The minimum absolute atomic E-state index is 0.0105. The van der Waals surface area contributed by atoms with Gasteiger partial charge in [0, 0.05) is 37.8 Å². The van der Waals surface area contributed by atoms with Crippen molar-refractivity contribution in [2.24, 2.45) is 5.92 Å². The fourth-order valence-corrected chi connectivity index (χ4v) is 7.28. The number of rotatable bonds is 5. The van der Waals surface area contributed by atoms with Crippen molar-refractivity contribution in [2.45, 2.75) is 75.6 Å². The van der Waals surface area contributed by atoms with E-state index in [4.69, 9.17) is 0 Å². The molecule has 0 N–H and O–H groups in total. The molecule has 0 aliphatic carbocycles. The summed E-state index contributed by atoms with van der Waals surface area (Å²) in [5.74, 6) is 0.617. The van der Waals surface area contributed by atoms with Gasteiger partial charge in [0.2, 0.25) is 10.0 Å². The Labute approximate surface area is 194 Å². The zero-order chi connectivity index (χ0) is 22.6. The highest BCUT2D eigenvalue weighted by Crippen LogP contribution is 2.27.